The van der Waals surface area contributed by atoms with Gasteiger partial charge in [0.05, 0.1) is 5.69 Å². The number of carbonyl (C=O) groups excluding carboxylic acids is 1. The number of anilines is 1. The third-order valence-electron chi connectivity index (χ3n) is 4.93. The number of amides is 1. The van der Waals surface area contributed by atoms with Crippen molar-refractivity contribution in [1.82, 2.24) is 0 Å². The topological polar surface area (TPSA) is 20.3 Å². The molecule has 2 heteroatoms. The van der Waals surface area contributed by atoms with Gasteiger partial charge in [-0.3, -0.25) is 4.79 Å². The van der Waals surface area contributed by atoms with Crippen LogP contribution < -0.4 is 4.90 Å². The highest BCUT2D eigenvalue weighted by molar-refractivity contribution is 5.97. The summed E-state index contributed by atoms with van der Waals surface area (Å²) in [6.07, 6.45) is 1.83. The van der Waals surface area contributed by atoms with Gasteiger partial charge >= 0.3 is 0 Å². The van der Waals surface area contributed by atoms with Crippen molar-refractivity contribution in [1.29, 1.82) is 0 Å². The molecule has 1 amide bonds. The van der Waals surface area contributed by atoms with Crippen molar-refractivity contribution >= 4 is 11.6 Å². The van der Waals surface area contributed by atoms with Gasteiger partial charge in [0, 0.05) is 12.5 Å². The van der Waals surface area contributed by atoms with Gasteiger partial charge < -0.3 is 4.90 Å². The van der Waals surface area contributed by atoms with E-state index in [1.165, 1.54) is 16.7 Å². The first-order valence-electron chi connectivity index (χ1n) is 10.1. The molecule has 0 spiro atoms. The summed E-state index contributed by atoms with van der Waals surface area (Å²) in [4.78, 5) is 15.1. The summed E-state index contributed by atoms with van der Waals surface area (Å²) in [5.74, 6) is 0.0855. The number of nitrogens with zero attached hydrogens (tertiary/aromatic N) is 1. The number of carbonyl (C=O) groups is 1. The van der Waals surface area contributed by atoms with Crippen LogP contribution in [0.2, 0.25) is 0 Å². The summed E-state index contributed by atoms with van der Waals surface area (Å²) < 4.78 is 0. The molecule has 0 saturated carbocycles. The Labute approximate surface area is 168 Å². The summed E-state index contributed by atoms with van der Waals surface area (Å²) in [7, 11) is 0. The van der Waals surface area contributed by atoms with Crippen molar-refractivity contribution in [2.24, 2.45) is 5.92 Å². The molecule has 152 valence electrons. The van der Waals surface area contributed by atoms with E-state index in [9.17, 15) is 4.79 Å². The highest BCUT2D eigenvalue weighted by Gasteiger charge is 2.33. The summed E-state index contributed by atoms with van der Waals surface area (Å²) in [6, 6.07) is 4.63. The number of benzene rings is 1. The van der Waals surface area contributed by atoms with Crippen LogP contribution in [0.4, 0.5) is 5.69 Å². The van der Waals surface area contributed by atoms with Gasteiger partial charge in [0.1, 0.15) is 0 Å². The van der Waals surface area contributed by atoms with E-state index in [1.807, 2.05) is 24.8 Å². The second kappa shape index (κ2) is 7.81. The number of hydrogen-bond donors (Lipinski definition) is 0. The predicted molar refractivity (Wildman–Crippen MR) is 120 cm³/mol. The highest BCUT2D eigenvalue weighted by atomic mass is 16.2. The maximum absolute atomic E-state index is 13.2. The minimum Gasteiger partial charge on any atom is -0.308 e. The maximum Gasteiger partial charge on any atom is 0.229 e. The van der Waals surface area contributed by atoms with Gasteiger partial charge in [0.2, 0.25) is 5.91 Å². The van der Waals surface area contributed by atoms with Crippen molar-refractivity contribution in [2.75, 3.05) is 11.4 Å². The summed E-state index contributed by atoms with van der Waals surface area (Å²) in [5.41, 5.74) is 4.74. The number of hydrogen-bond acceptors (Lipinski definition) is 1. The van der Waals surface area contributed by atoms with Crippen molar-refractivity contribution in [3.63, 3.8) is 0 Å². The van der Waals surface area contributed by atoms with Gasteiger partial charge in [-0.2, -0.15) is 0 Å². The minimum absolute atomic E-state index is 0.0455. The molecule has 0 unspecified atom stereocenters. The molecule has 0 atom stereocenters. The van der Waals surface area contributed by atoms with E-state index in [0.29, 0.717) is 6.54 Å². The normalized spacial score (nSPS) is 13.0. The lowest BCUT2D eigenvalue weighted by Gasteiger charge is -2.38. The first-order chi connectivity index (χ1) is 12.0. The average molecular weight is 372 g/mol. The molecule has 1 rings (SSSR count). The van der Waals surface area contributed by atoms with Gasteiger partial charge in [0.25, 0.3) is 0 Å². The molecule has 1 aromatic carbocycles. The quantitative estimate of drug-likeness (QED) is 0.536. The molecule has 0 saturated heterocycles. The SMILES string of the molecule is C=CCN(C(=O)C(C)C)c1c(C(C)(C)C)cc(C(C)(C)C)cc1C(C)(C)C. The van der Waals surface area contributed by atoms with Crippen LogP contribution in [-0.2, 0) is 21.0 Å². The van der Waals surface area contributed by atoms with Crippen LogP contribution in [0.25, 0.3) is 0 Å². The third-order valence-corrected chi connectivity index (χ3v) is 4.93. The predicted octanol–water partition coefficient (Wildman–Crippen LogP) is 6.75. The van der Waals surface area contributed by atoms with Crippen LogP contribution in [0.3, 0.4) is 0 Å². The van der Waals surface area contributed by atoms with Crippen LogP contribution in [0.1, 0.15) is 92.9 Å². The Morgan fingerprint density at radius 1 is 0.926 bits per heavy atom. The molecule has 0 aromatic heterocycles. The van der Waals surface area contributed by atoms with Crippen molar-refractivity contribution in [2.45, 2.75) is 92.4 Å². The lowest BCUT2D eigenvalue weighted by atomic mass is 9.73. The van der Waals surface area contributed by atoms with Crippen LogP contribution in [0.5, 0.6) is 0 Å². The van der Waals surface area contributed by atoms with Crippen molar-refractivity contribution in [3.8, 4) is 0 Å². The first kappa shape index (κ1) is 23.5. The molecule has 0 aliphatic heterocycles. The molecule has 0 aliphatic carbocycles. The molecular formula is C25H41NO. The van der Waals surface area contributed by atoms with Gasteiger partial charge in [0.15, 0.2) is 0 Å². The lowest BCUT2D eigenvalue weighted by molar-refractivity contribution is -0.121. The molecule has 2 nitrogen and oxygen atoms in total. The van der Waals surface area contributed by atoms with E-state index in [-0.39, 0.29) is 28.1 Å². The molecular weight excluding hydrogens is 330 g/mol. The maximum atomic E-state index is 13.2. The molecule has 27 heavy (non-hydrogen) atoms. The monoisotopic (exact) mass is 371 g/mol. The van der Waals surface area contributed by atoms with Crippen molar-refractivity contribution < 1.29 is 4.79 Å². The van der Waals surface area contributed by atoms with Crippen LogP contribution >= 0.6 is 0 Å². The Balaban J connectivity index is 4.04. The van der Waals surface area contributed by atoms with Gasteiger partial charge in [-0.1, -0.05) is 94.4 Å². The van der Waals surface area contributed by atoms with E-state index in [4.69, 9.17) is 0 Å². The Hall–Kier alpha value is -1.57. The van der Waals surface area contributed by atoms with E-state index < -0.39 is 0 Å². The molecule has 0 fully saturated rings. The molecule has 0 N–H and O–H groups in total. The van der Waals surface area contributed by atoms with Crippen LogP contribution in [0, 0.1) is 5.92 Å². The molecule has 0 radical (unpaired) electrons. The Kier molecular flexibility index (Phi) is 6.79. The van der Waals surface area contributed by atoms with Crippen LogP contribution in [0.15, 0.2) is 24.8 Å². The average Bonchev–Trinajstić information content (AvgIpc) is 2.48. The zero-order valence-corrected chi connectivity index (χ0v) is 19.6. The van der Waals surface area contributed by atoms with Gasteiger partial charge in [-0.25, -0.2) is 0 Å². The molecule has 0 bridgehead atoms. The van der Waals surface area contributed by atoms with Gasteiger partial charge in [-0.05, 0) is 32.9 Å². The van der Waals surface area contributed by atoms with E-state index in [2.05, 4.69) is 81.0 Å². The Morgan fingerprint density at radius 3 is 1.59 bits per heavy atom. The highest BCUT2D eigenvalue weighted by Crippen LogP contribution is 2.43. The molecule has 0 heterocycles. The van der Waals surface area contributed by atoms with Crippen LogP contribution in [-0.4, -0.2) is 12.5 Å². The second-order valence-corrected chi connectivity index (χ2v) is 11.1. The zero-order chi connectivity index (χ0) is 21.4. The molecule has 0 aliphatic rings. The van der Waals surface area contributed by atoms with E-state index >= 15 is 0 Å². The lowest BCUT2D eigenvalue weighted by Crippen LogP contribution is -2.38. The van der Waals surface area contributed by atoms with E-state index in [1.54, 1.807) is 0 Å². The molecule has 1 aromatic rings. The Bertz CT molecular complexity index is 655. The van der Waals surface area contributed by atoms with Crippen molar-refractivity contribution in [3.05, 3.63) is 41.5 Å². The fraction of sp³-hybridized carbons (Fsp3) is 0.640. The fourth-order valence-corrected chi connectivity index (χ4v) is 3.23. The zero-order valence-electron chi connectivity index (χ0n) is 19.6. The summed E-state index contributed by atoms with van der Waals surface area (Å²) >= 11 is 0. The standard InChI is InChI=1S/C25H41NO/c1-13-14-26(22(27)17(2)3)21-19(24(7,8)9)15-18(23(4,5)6)16-20(21)25(10,11)12/h13,15-17H,1,14H2,2-12H3. The largest absolute Gasteiger partial charge is 0.308 e. The second-order valence-electron chi connectivity index (χ2n) is 11.1. The number of rotatable bonds is 4. The third kappa shape index (κ3) is 5.46. The summed E-state index contributed by atoms with van der Waals surface area (Å²) in [5, 5.41) is 0. The smallest absolute Gasteiger partial charge is 0.229 e. The van der Waals surface area contributed by atoms with Gasteiger partial charge in [-0.15, -0.1) is 6.58 Å². The first-order valence-corrected chi connectivity index (χ1v) is 10.1. The van der Waals surface area contributed by atoms with E-state index in [0.717, 1.165) is 5.69 Å². The minimum atomic E-state index is -0.0761. The Morgan fingerprint density at radius 2 is 1.33 bits per heavy atom. The fourth-order valence-electron chi connectivity index (χ4n) is 3.23. The summed E-state index contributed by atoms with van der Waals surface area (Å²) in [6.45, 7) is 28.5.